The summed E-state index contributed by atoms with van der Waals surface area (Å²) in [6.07, 6.45) is 4.85. The number of nitrogens with zero attached hydrogens (tertiary/aromatic N) is 4. The van der Waals surface area contributed by atoms with Gasteiger partial charge in [-0.3, -0.25) is 9.78 Å². The van der Waals surface area contributed by atoms with E-state index >= 15 is 0 Å². The number of hydrogen-bond donors (Lipinski definition) is 0. The highest BCUT2D eigenvalue weighted by Crippen LogP contribution is 2.20. The van der Waals surface area contributed by atoms with Crippen LogP contribution in [0.4, 0.5) is 0 Å². The summed E-state index contributed by atoms with van der Waals surface area (Å²) in [5, 5.41) is 5.07. The molecule has 1 aromatic carbocycles. The lowest BCUT2D eigenvalue weighted by Crippen LogP contribution is -2.50. The van der Waals surface area contributed by atoms with Gasteiger partial charge < -0.3 is 9.42 Å². The number of piperazine rings is 1. The van der Waals surface area contributed by atoms with Crippen molar-refractivity contribution in [2.45, 2.75) is 0 Å². The number of pyridine rings is 1. The molecule has 3 heterocycles. The van der Waals surface area contributed by atoms with Gasteiger partial charge in [0.05, 0.1) is 0 Å². The fraction of sp³-hybridized carbons (Fsp3) is 0.190. The number of aromatic nitrogens is 2. The van der Waals surface area contributed by atoms with E-state index < -0.39 is 10.0 Å². The predicted molar refractivity (Wildman–Crippen MR) is 112 cm³/mol. The Labute approximate surface area is 174 Å². The van der Waals surface area contributed by atoms with Crippen LogP contribution in [0.3, 0.4) is 0 Å². The third-order valence-corrected chi connectivity index (χ3v) is 6.36. The fourth-order valence-electron chi connectivity index (χ4n) is 3.14. The van der Waals surface area contributed by atoms with Crippen LogP contribution in [0.25, 0.3) is 17.4 Å². The van der Waals surface area contributed by atoms with Crippen molar-refractivity contribution >= 4 is 22.0 Å². The molecule has 3 aromatic rings. The van der Waals surface area contributed by atoms with Crippen molar-refractivity contribution in [2.75, 3.05) is 26.2 Å². The summed E-state index contributed by atoms with van der Waals surface area (Å²) in [5.41, 5.74) is 1.73. The number of sulfonamides is 1. The molecular weight excluding hydrogens is 404 g/mol. The molecule has 154 valence electrons. The van der Waals surface area contributed by atoms with Crippen LogP contribution in [0.15, 0.2) is 70.9 Å². The summed E-state index contributed by atoms with van der Waals surface area (Å²) < 4.78 is 31.8. The van der Waals surface area contributed by atoms with Gasteiger partial charge >= 0.3 is 0 Å². The number of carbonyl (C=O) groups excluding carboxylic acids is 1. The summed E-state index contributed by atoms with van der Waals surface area (Å²) in [6.45, 7) is 1.01. The number of benzene rings is 1. The maximum Gasteiger partial charge on any atom is 0.276 e. The molecule has 0 radical (unpaired) electrons. The highest BCUT2D eigenvalue weighted by Gasteiger charge is 2.29. The minimum atomic E-state index is -3.55. The average molecular weight is 424 g/mol. The van der Waals surface area contributed by atoms with Crippen molar-refractivity contribution < 1.29 is 17.7 Å². The Kier molecular flexibility index (Phi) is 5.73. The highest BCUT2D eigenvalue weighted by molar-refractivity contribution is 7.92. The summed E-state index contributed by atoms with van der Waals surface area (Å²) >= 11 is 0. The molecule has 1 amide bonds. The van der Waals surface area contributed by atoms with Gasteiger partial charge in [-0.1, -0.05) is 35.5 Å². The number of amides is 1. The lowest BCUT2D eigenvalue weighted by atomic mass is 10.2. The van der Waals surface area contributed by atoms with Gasteiger partial charge in [0.15, 0.2) is 11.5 Å². The maximum absolute atomic E-state index is 12.7. The van der Waals surface area contributed by atoms with E-state index in [4.69, 9.17) is 4.52 Å². The lowest BCUT2D eigenvalue weighted by molar-refractivity contribution is 0.0688. The average Bonchev–Trinajstić information content (AvgIpc) is 3.29. The van der Waals surface area contributed by atoms with Crippen molar-refractivity contribution in [3.8, 4) is 11.3 Å². The van der Waals surface area contributed by atoms with Crippen molar-refractivity contribution in [3.63, 3.8) is 0 Å². The smallest absolute Gasteiger partial charge is 0.276 e. The van der Waals surface area contributed by atoms with Gasteiger partial charge in [0.2, 0.25) is 10.0 Å². The Bertz CT molecular complexity index is 1140. The van der Waals surface area contributed by atoms with Crippen molar-refractivity contribution in [1.82, 2.24) is 19.3 Å². The lowest BCUT2D eigenvalue weighted by Gasteiger charge is -2.32. The van der Waals surface area contributed by atoms with E-state index in [0.717, 1.165) is 11.1 Å². The molecule has 0 atom stereocenters. The van der Waals surface area contributed by atoms with Crippen LogP contribution < -0.4 is 0 Å². The predicted octanol–water partition coefficient (Wildman–Crippen LogP) is 2.50. The van der Waals surface area contributed by atoms with Gasteiger partial charge in [-0.2, -0.15) is 4.31 Å². The first-order chi connectivity index (χ1) is 14.5. The zero-order valence-electron chi connectivity index (χ0n) is 16.1. The number of rotatable bonds is 5. The first-order valence-corrected chi connectivity index (χ1v) is 10.9. The van der Waals surface area contributed by atoms with Gasteiger partial charge in [0, 0.05) is 55.6 Å². The van der Waals surface area contributed by atoms with Crippen LogP contribution in [0.2, 0.25) is 0 Å². The van der Waals surface area contributed by atoms with Crippen molar-refractivity contribution in [2.24, 2.45) is 0 Å². The zero-order valence-corrected chi connectivity index (χ0v) is 16.9. The second kappa shape index (κ2) is 8.60. The Hall–Kier alpha value is -3.30. The van der Waals surface area contributed by atoms with E-state index in [9.17, 15) is 13.2 Å². The summed E-state index contributed by atoms with van der Waals surface area (Å²) in [5.74, 6) is 0.171. The Balaban J connectivity index is 1.38. The van der Waals surface area contributed by atoms with Crippen LogP contribution in [0.1, 0.15) is 16.1 Å². The fourth-order valence-corrected chi connectivity index (χ4v) is 4.32. The molecule has 0 aliphatic carbocycles. The molecule has 9 heteroatoms. The summed E-state index contributed by atoms with van der Waals surface area (Å²) in [7, 11) is -3.55. The molecular formula is C21H20N4O4S. The van der Waals surface area contributed by atoms with Crippen LogP contribution in [-0.2, 0) is 10.0 Å². The van der Waals surface area contributed by atoms with E-state index in [1.807, 2.05) is 36.4 Å². The molecule has 0 saturated carbocycles. The van der Waals surface area contributed by atoms with Crippen LogP contribution in [-0.4, -0.2) is 59.8 Å². The third-order valence-electron chi connectivity index (χ3n) is 4.79. The topological polar surface area (TPSA) is 96.6 Å². The quantitative estimate of drug-likeness (QED) is 0.624. The van der Waals surface area contributed by atoms with E-state index in [2.05, 4.69) is 10.1 Å². The molecule has 2 aromatic heterocycles. The van der Waals surface area contributed by atoms with Crippen LogP contribution in [0, 0.1) is 0 Å². The summed E-state index contributed by atoms with van der Waals surface area (Å²) in [4.78, 5) is 18.3. The van der Waals surface area contributed by atoms with Crippen LogP contribution in [0.5, 0.6) is 0 Å². The maximum atomic E-state index is 12.7. The van der Waals surface area contributed by atoms with E-state index in [0.29, 0.717) is 5.76 Å². The van der Waals surface area contributed by atoms with E-state index in [1.54, 1.807) is 35.5 Å². The molecule has 0 unspecified atom stereocenters. The molecule has 1 aliphatic heterocycles. The largest absolute Gasteiger partial charge is 0.355 e. The standard InChI is InChI=1S/C21H20N4O4S/c26-21(19-15-20(29-23-19)18-7-4-9-22-16-18)24-10-12-25(13-11-24)30(27,28)14-8-17-5-2-1-3-6-17/h1-9,14-16H,10-13H2/b14-8+. The molecule has 30 heavy (non-hydrogen) atoms. The summed E-state index contributed by atoms with van der Waals surface area (Å²) in [6, 6.07) is 14.4. The molecule has 0 N–H and O–H groups in total. The zero-order chi connectivity index (χ0) is 21.0. The molecule has 4 rings (SSSR count). The van der Waals surface area contributed by atoms with Gasteiger partial charge in [-0.25, -0.2) is 8.42 Å². The minimum Gasteiger partial charge on any atom is -0.355 e. The van der Waals surface area contributed by atoms with Crippen molar-refractivity contribution in [1.29, 1.82) is 0 Å². The second-order valence-corrected chi connectivity index (χ2v) is 8.59. The Morgan fingerprint density at radius 1 is 1.03 bits per heavy atom. The van der Waals surface area contributed by atoms with Gasteiger partial charge in [-0.15, -0.1) is 0 Å². The number of hydrogen-bond acceptors (Lipinski definition) is 6. The molecule has 0 spiro atoms. The molecule has 0 bridgehead atoms. The minimum absolute atomic E-state index is 0.189. The Morgan fingerprint density at radius 3 is 2.50 bits per heavy atom. The first kappa shape index (κ1) is 20.0. The highest BCUT2D eigenvalue weighted by atomic mass is 32.2. The first-order valence-electron chi connectivity index (χ1n) is 9.43. The molecule has 1 fully saturated rings. The van der Waals surface area contributed by atoms with Crippen LogP contribution >= 0.6 is 0 Å². The van der Waals surface area contributed by atoms with Crippen molar-refractivity contribution in [3.05, 3.63) is 77.6 Å². The SMILES string of the molecule is O=C(c1cc(-c2cccnc2)on1)N1CCN(S(=O)(=O)/C=C/c2ccccc2)CC1. The molecule has 1 saturated heterocycles. The van der Waals surface area contributed by atoms with E-state index in [-0.39, 0.29) is 37.8 Å². The molecule has 1 aliphatic rings. The third kappa shape index (κ3) is 4.47. The molecule has 8 nitrogen and oxygen atoms in total. The van der Waals surface area contributed by atoms with E-state index in [1.165, 1.54) is 9.71 Å². The number of carbonyl (C=O) groups is 1. The van der Waals surface area contributed by atoms with Gasteiger partial charge in [-0.05, 0) is 23.8 Å². The normalized spacial score (nSPS) is 15.5. The monoisotopic (exact) mass is 424 g/mol. The van der Waals surface area contributed by atoms with Gasteiger partial charge in [0.25, 0.3) is 5.91 Å². The van der Waals surface area contributed by atoms with Gasteiger partial charge in [0.1, 0.15) is 0 Å². The Morgan fingerprint density at radius 2 is 1.80 bits per heavy atom. The second-order valence-electron chi connectivity index (χ2n) is 6.77.